The molecule has 8 N–H and O–H groups in total. The van der Waals surface area contributed by atoms with Crippen LogP contribution in [0.2, 0.25) is 0 Å². The minimum Gasteiger partial charge on any atom is -0.394 e. The van der Waals surface area contributed by atoms with Crippen LogP contribution in [0.25, 0.3) is 0 Å². The van der Waals surface area contributed by atoms with E-state index in [1.807, 2.05) is 0 Å². The molecule has 0 saturated carbocycles. The molecule has 0 radical (unpaired) electrons. The Hall–Kier alpha value is -0.330. The van der Waals surface area contributed by atoms with Gasteiger partial charge in [-0.05, 0) is 12.8 Å². The van der Waals surface area contributed by atoms with Crippen molar-refractivity contribution in [3.05, 3.63) is 0 Å². The molecule has 50 heavy (non-hydrogen) atoms. The average Bonchev–Trinajstić information content (AvgIpc) is 3.10. The molecule has 12 atom stereocenters. The third-order valence-corrected chi connectivity index (χ3v) is 10.4. The zero-order valence-electron chi connectivity index (χ0n) is 30.1. The SMILES string of the molecule is CCCCCCCCCCCCCCCCCCOP(=O)(O)OC(COC1OC(CC)C(O)C(O)C1O)COC1OC(CO)C(O)C(O)C1O. The summed E-state index contributed by atoms with van der Waals surface area (Å²) < 4.78 is 45.3. The van der Waals surface area contributed by atoms with Crippen LogP contribution < -0.4 is 0 Å². The lowest BCUT2D eigenvalue weighted by molar-refractivity contribution is -0.312. The van der Waals surface area contributed by atoms with E-state index in [1.54, 1.807) is 6.92 Å². The summed E-state index contributed by atoms with van der Waals surface area (Å²) in [4.78, 5) is 10.5. The maximum absolute atomic E-state index is 12.9. The molecule has 2 aliphatic heterocycles. The molecule has 0 spiro atoms. The lowest BCUT2D eigenvalue weighted by Gasteiger charge is -2.41. The van der Waals surface area contributed by atoms with Crippen molar-refractivity contribution in [1.29, 1.82) is 0 Å². The van der Waals surface area contributed by atoms with Crippen LogP contribution in [-0.2, 0) is 32.6 Å². The summed E-state index contributed by atoms with van der Waals surface area (Å²) in [7, 11) is -4.67. The molecule has 2 heterocycles. The van der Waals surface area contributed by atoms with Crippen LogP contribution in [0.1, 0.15) is 123 Å². The summed E-state index contributed by atoms with van der Waals surface area (Å²) in [6.45, 7) is 2.11. The summed E-state index contributed by atoms with van der Waals surface area (Å²) >= 11 is 0. The smallest absolute Gasteiger partial charge is 0.394 e. The van der Waals surface area contributed by atoms with Gasteiger partial charge in [-0.15, -0.1) is 0 Å². The molecular weight excluding hydrogens is 679 g/mol. The van der Waals surface area contributed by atoms with Gasteiger partial charge in [0.05, 0.1) is 32.5 Å². The highest BCUT2D eigenvalue weighted by atomic mass is 31.2. The number of hydrogen-bond donors (Lipinski definition) is 8. The van der Waals surface area contributed by atoms with Crippen LogP contribution >= 0.6 is 7.82 Å². The Labute approximate surface area is 297 Å². The highest BCUT2D eigenvalue weighted by Crippen LogP contribution is 2.45. The molecule has 0 aromatic rings. The van der Waals surface area contributed by atoms with Crippen LogP contribution in [0.3, 0.4) is 0 Å². The third kappa shape index (κ3) is 16.8. The molecule has 2 rings (SSSR count). The minimum atomic E-state index is -4.67. The van der Waals surface area contributed by atoms with Crippen molar-refractivity contribution in [3.8, 4) is 0 Å². The fraction of sp³-hybridized carbons (Fsp3) is 1.00. The molecule has 15 nitrogen and oxygen atoms in total. The molecule has 0 aromatic carbocycles. The zero-order valence-corrected chi connectivity index (χ0v) is 31.0. The number of aliphatic hydroxyl groups is 7. The van der Waals surface area contributed by atoms with E-state index in [0.717, 1.165) is 25.7 Å². The fourth-order valence-corrected chi connectivity index (χ4v) is 7.08. The Morgan fingerprint density at radius 3 is 1.40 bits per heavy atom. The van der Waals surface area contributed by atoms with E-state index in [2.05, 4.69) is 6.92 Å². The van der Waals surface area contributed by atoms with Gasteiger partial charge in [-0.3, -0.25) is 9.05 Å². The van der Waals surface area contributed by atoms with E-state index in [0.29, 0.717) is 12.8 Å². The van der Waals surface area contributed by atoms with Crippen LogP contribution in [-0.4, -0.2) is 135 Å². The number of rotatable bonds is 28. The van der Waals surface area contributed by atoms with Gasteiger partial charge in [0.1, 0.15) is 48.8 Å². The normalized spacial score (nSPS) is 32.2. The predicted molar refractivity (Wildman–Crippen MR) is 183 cm³/mol. The van der Waals surface area contributed by atoms with E-state index in [1.165, 1.54) is 70.6 Å². The number of aliphatic hydroxyl groups excluding tert-OH is 7. The standard InChI is InChI=1S/C34H67O15P/c1-3-5-6-7-8-9-10-11-12-13-14-15-16-17-18-19-20-46-50(42,43)49-24(22-44-33-31(40)29(38)27(36)25(4-2)47-33)23-45-34-32(41)30(39)28(37)26(21-35)48-34/h24-41H,3-23H2,1-2H3,(H,42,43). The highest BCUT2D eigenvalue weighted by molar-refractivity contribution is 7.47. The van der Waals surface area contributed by atoms with Crippen molar-refractivity contribution < 1.29 is 73.2 Å². The van der Waals surface area contributed by atoms with E-state index in [9.17, 15) is 45.2 Å². The number of phosphoric acid groups is 1. The van der Waals surface area contributed by atoms with E-state index >= 15 is 0 Å². The maximum atomic E-state index is 12.9. The number of hydrogen-bond acceptors (Lipinski definition) is 14. The molecule has 2 aliphatic rings. The zero-order chi connectivity index (χ0) is 36.9. The van der Waals surface area contributed by atoms with Gasteiger partial charge in [-0.1, -0.05) is 110 Å². The van der Waals surface area contributed by atoms with Gasteiger partial charge in [-0.2, -0.15) is 0 Å². The van der Waals surface area contributed by atoms with Crippen molar-refractivity contribution in [3.63, 3.8) is 0 Å². The predicted octanol–water partition coefficient (Wildman–Crippen LogP) is 2.80. The van der Waals surface area contributed by atoms with Crippen molar-refractivity contribution in [2.75, 3.05) is 26.4 Å². The molecule has 0 amide bonds. The molecular formula is C34H67O15P. The number of ether oxygens (including phenoxy) is 4. The second kappa shape index (κ2) is 25.6. The maximum Gasteiger partial charge on any atom is 0.472 e. The summed E-state index contributed by atoms with van der Waals surface area (Å²) in [6, 6.07) is 0. The number of unbranched alkanes of at least 4 members (excludes halogenated alkanes) is 15. The van der Waals surface area contributed by atoms with Crippen LogP contribution in [0.4, 0.5) is 0 Å². The van der Waals surface area contributed by atoms with Crippen LogP contribution in [0.5, 0.6) is 0 Å². The largest absolute Gasteiger partial charge is 0.472 e. The monoisotopic (exact) mass is 746 g/mol. The van der Waals surface area contributed by atoms with Crippen molar-refractivity contribution in [1.82, 2.24) is 0 Å². The second-order valence-corrected chi connectivity index (χ2v) is 15.0. The molecule has 0 aliphatic carbocycles. The Balaban J connectivity index is 1.76. The Kier molecular flexibility index (Phi) is 23.5. The molecule has 2 saturated heterocycles. The van der Waals surface area contributed by atoms with Gasteiger partial charge >= 0.3 is 7.82 Å². The molecule has 0 aromatic heterocycles. The van der Waals surface area contributed by atoms with Gasteiger partial charge < -0.3 is 59.6 Å². The summed E-state index contributed by atoms with van der Waals surface area (Å²) in [5, 5.41) is 70.6. The first-order valence-corrected chi connectivity index (χ1v) is 20.3. The van der Waals surface area contributed by atoms with Gasteiger partial charge in [0, 0.05) is 0 Å². The van der Waals surface area contributed by atoms with Crippen LogP contribution in [0.15, 0.2) is 0 Å². The van der Waals surface area contributed by atoms with Gasteiger partial charge in [0.2, 0.25) is 0 Å². The summed E-state index contributed by atoms with van der Waals surface area (Å²) in [5.41, 5.74) is 0. The summed E-state index contributed by atoms with van der Waals surface area (Å²) in [5.74, 6) is 0. The quantitative estimate of drug-likeness (QED) is 0.0425. The Morgan fingerprint density at radius 2 is 0.980 bits per heavy atom. The van der Waals surface area contributed by atoms with Crippen molar-refractivity contribution in [2.24, 2.45) is 0 Å². The molecule has 298 valence electrons. The second-order valence-electron chi connectivity index (χ2n) is 13.6. The van der Waals surface area contributed by atoms with Gasteiger partial charge in [0.25, 0.3) is 0 Å². The molecule has 2 fully saturated rings. The van der Waals surface area contributed by atoms with Crippen LogP contribution in [0, 0.1) is 0 Å². The fourth-order valence-electron chi connectivity index (χ4n) is 6.16. The topological polar surface area (TPSA) is 234 Å². The third-order valence-electron chi connectivity index (χ3n) is 9.35. The first-order valence-electron chi connectivity index (χ1n) is 18.8. The lowest BCUT2D eigenvalue weighted by atomic mass is 9.97. The first kappa shape index (κ1) is 45.8. The lowest BCUT2D eigenvalue weighted by Crippen LogP contribution is -2.59. The average molecular weight is 747 g/mol. The Morgan fingerprint density at radius 1 is 0.580 bits per heavy atom. The van der Waals surface area contributed by atoms with E-state index < -0.39 is 95.2 Å². The number of phosphoric ester groups is 1. The van der Waals surface area contributed by atoms with Crippen molar-refractivity contribution >= 4 is 7.82 Å². The Bertz CT molecular complexity index is 859. The van der Waals surface area contributed by atoms with Gasteiger partial charge in [-0.25, -0.2) is 4.57 Å². The van der Waals surface area contributed by atoms with Crippen molar-refractivity contribution in [2.45, 2.75) is 191 Å². The molecule has 16 heteroatoms. The molecule has 12 unspecified atom stereocenters. The van der Waals surface area contributed by atoms with E-state index in [4.69, 9.17) is 28.0 Å². The molecule has 0 bridgehead atoms. The minimum absolute atomic E-state index is 0.0416. The highest BCUT2D eigenvalue weighted by Gasteiger charge is 2.46. The first-order chi connectivity index (χ1) is 23.9. The van der Waals surface area contributed by atoms with E-state index in [-0.39, 0.29) is 6.61 Å². The van der Waals surface area contributed by atoms with Gasteiger partial charge in [0.15, 0.2) is 12.6 Å². The summed E-state index contributed by atoms with van der Waals surface area (Å²) in [6.07, 6.45) is 3.22.